The van der Waals surface area contributed by atoms with Crippen molar-refractivity contribution < 1.29 is 4.79 Å². The Morgan fingerprint density at radius 1 is 1.44 bits per heavy atom. The van der Waals surface area contributed by atoms with E-state index in [-0.39, 0.29) is 5.91 Å². The van der Waals surface area contributed by atoms with Gasteiger partial charge in [-0.2, -0.15) is 5.26 Å². The second kappa shape index (κ2) is 5.65. The monoisotopic (exact) mass is 245 g/mol. The summed E-state index contributed by atoms with van der Waals surface area (Å²) in [4.78, 5) is 13.9. The first-order chi connectivity index (χ1) is 8.48. The molecule has 0 aliphatic heterocycles. The molecule has 1 aromatic rings. The van der Waals surface area contributed by atoms with Crippen LogP contribution in [0.2, 0.25) is 0 Å². The minimum Gasteiger partial charge on any atom is -0.317 e. The molecule has 0 aromatic heterocycles. The summed E-state index contributed by atoms with van der Waals surface area (Å²) in [6.45, 7) is 3.81. The van der Waals surface area contributed by atoms with E-state index in [9.17, 15) is 4.79 Å². The summed E-state index contributed by atoms with van der Waals surface area (Å²) >= 11 is 0. The lowest BCUT2D eigenvalue weighted by Gasteiger charge is -2.30. The lowest BCUT2D eigenvalue weighted by atomic mass is 9.92. The van der Waals surface area contributed by atoms with Gasteiger partial charge in [0.05, 0.1) is 17.2 Å². The van der Waals surface area contributed by atoms with Crippen LogP contribution in [0.3, 0.4) is 0 Å². The van der Waals surface area contributed by atoms with Crippen LogP contribution >= 0.6 is 0 Å². The van der Waals surface area contributed by atoms with E-state index in [0.717, 1.165) is 0 Å². The molecule has 0 saturated carbocycles. The van der Waals surface area contributed by atoms with Crippen molar-refractivity contribution in [1.82, 2.24) is 0 Å². The van der Waals surface area contributed by atoms with Crippen molar-refractivity contribution in [3.63, 3.8) is 0 Å². The molecule has 2 N–H and O–H groups in total. The number of nitrogens with zero attached hydrogens (tertiary/aromatic N) is 2. The van der Waals surface area contributed by atoms with Crippen molar-refractivity contribution in [1.29, 1.82) is 5.26 Å². The molecule has 0 atom stereocenters. The van der Waals surface area contributed by atoms with Crippen LogP contribution in [0.4, 0.5) is 5.69 Å². The van der Waals surface area contributed by atoms with Gasteiger partial charge in [0.2, 0.25) is 5.91 Å². The Labute approximate surface area is 108 Å². The van der Waals surface area contributed by atoms with Crippen LogP contribution in [0, 0.1) is 11.3 Å². The molecular formula is C14H19N3O. The fraction of sp³-hybridized carbons (Fsp3) is 0.429. The SMILES string of the molecule is CCC(N)(CC)C(=O)N(C)c1cccc(C#N)c1. The first kappa shape index (κ1) is 14.2. The third-order valence-electron chi connectivity index (χ3n) is 3.35. The lowest BCUT2D eigenvalue weighted by molar-refractivity contribution is -0.123. The summed E-state index contributed by atoms with van der Waals surface area (Å²) in [7, 11) is 1.69. The number of benzene rings is 1. The maximum atomic E-state index is 12.3. The number of hydrogen-bond acceptors (Lipinski definition) is 3. The molecule has 0 bridgehead atoms. The van der Waals surface area contributed by atoms with Crippen LogP contribution in [-0.4, -0.2) is 18.5 Å². The first-order valence-corrected chi connectivity index (χ1v) is 6.05. The van der Waals surface area contributed by atoms with Gasteiger partial charge in [-0.15, -0.1) is 0 Å². The van der Waals surface area contributed by atoms with Crippen LogP contribution < -0.4 is 10.6 Å². The maximum Gasteiger partial charge on any atom is 0.246 e. The summed E-state index contributed by atoms with van der Waals surface area (Å²) in [5.41, 5.74) is 6.48. The van der Waals surface area contributed by atoms with Crippen LogP contribution in [0.5, 0.6) is 0 Å². The molecule has 4 nitrogen and oxygen atoms in total. The normalized spacial score (nSPS) is 10.8. The Morgan fingerprint density at radius 2 is 2.06 bits per heavy atom. The molecule has 0 saturated heterocycles. The zero-order valence-electron chi connectivity index (χ0n) is 11.1. The van der Waals surface area contributed by atoms with Gasteiger partial charge in [0.1, 0.15) is 0 Å². The molecule has 96 valence electrons. The molecule has 0 spiro atoms. The van der Waals surface area contributed by atoms with Gasteiger partial charge in [0.15, 0.2) is 0 Å². The standard InChI is InChI=1S/C14H19N3O/c1-4-14(16,5-2)13(18)17(3)12-8-6-7-11(9-12)10-15/h6-9H,4-5,16H2,1-3H3. The van der Waals surface area contributed by atoms with E-state index in [0.29, 0.717) is 24.1 Å². The zero-order chi connectivity index (χ0) is 13.8. The second-order valence-electron chi connectivity index (χ2n) is 4.39. The molecular weight excluding hydrogens is 226 g/mol. The number of nitriles is 1. The topological polar surface area (TPSA) is 70.1 Å². The van der Waals surface area contributed by atoms with Crippen molar-refractivity contribution in [2.45, 2.75) is 32.2 Å². The fourth-order valence-corrected chi connectivity index (χ4v) is 1.79. The van der Waals surface area contributed by atoms with E-state index in [4.69, 9.17) is 11.0 Å². The molecule has 0 fully saturated rings. The van der Waals surface area contributed by atoms with Gasteiger partial charge in [-0.3, -0.25) is 4.79 Å². The fourth-order valence-electron chi connectivity index (χ4n) is 1.79. The van der Waals surface area contributed by atoms with Gasteiger partial charge in [0, 0.05) is 12.7 Å². The molecule has 1 aromatic carbocycles. The Bertz CT molecular complexity index is 472. The predicted molar refractivity (Wildman–Crippen MR) is 72.1 cm³/mol. The molecule has 0 aliphatic rings. The van der Waals surface area contributed by atoms with E-state index in [1.54, 1.807) is 31.3 Å². The van der Waals surface area contributed by atoms with Crippen molar-refractivity contribution in [3.05, 3.63) is 29.8 Å². The molecule has 0 heterocycles. The molecule has 4 heteroatoms. The highest BCUT2D eigenvalue weighted by Crippen LogP contribution is 2.21. The molecule has 0 radical (unpaired) electrons. The van der Waals surface area contributed by atoms with E-state index in [2.05, 4.69) is 6.07 Å². The van der Waals surface area contributed by atoms with Crippen molar-refractivity contribution in [3.8, 4) is 6.07 Å². The Morgan fingerprint density at radius 3 is 2.56 bits per heavy atom. The predicted octanol–water partition coefficient (Wildman–Crippen LogP) is 2.04. The molecule has 1 amide bonds. The number of anilines is 1. The van der Waals surface area contributed by atoms with Crippen LogP contribution in [-0.2, 0) is 4.79 Å². The highest BCUT2D eigenvalue weighted by Gasteiger charge is 2.33. The van der Waals surface area contributed by atoms with Crippen LogP contribution in [0.25, 0.3) is 0 Å². The molecule has 0 unspecified atom stereocenters. The van der Waals surface area contributed by atoms with Gasteiger partial charge in [-0.05, 0) is 31.0 Å². The number of amides is 1. The lowest BCUT2D eigenvalue weighted by Crippen LogP contribution is -2.53. The first-order valence-electron chi connectivity index (χ1n) is 6.05. The minimum absolute atomic E-state index is 0.123. The van der Waals surface area contributed by atoms with Gasteiger partial charge >= 0.3 is 0 Å². The van der Waals surface area contributed by atoms with Crippen molar-refractivity contribution in [2.24, 2.45) is 5.73 Å². The quantitative estimate of drug-likeness (QED) is 0.882. The van der Waals surface area contributed by atoms with Crippen LogP contribution in [0.15, 0.2) is 24.3 Å². The average molecular weight is 245 g/mol. The largest absolute Gasteiger partial charge is 0.317 e. The average Bonchev–Trinajstić information content (AvgIpc) is 2.44. The second-order valence-corrected chi connectivity index (χ2v) is 4.39. The van der Waals surface area contributed by atoms with E-state index < -0.39 is 5.54 Å². The highest BCUT2D eigenvalue weighted by atomic mass is 16.2. The number of carbonyl (C=O) groups excluding carboxylic acids is 1. The third kappa shape index (κ3) is 2.69. The maximum absolute atomic E-state index is 12.3. The van der Waals surface area contributed by atoms with Crippen molar-refractivity contribution >= 4 is 11.6 Å². The zero-order valence-corrected chi connectivity index (χ0v) is 11.1. The highest BCUT2D eigenvalue weighted by molar-refractivity contribution is 5.99. The van der Waals surface area contributed by atoms with Crippen LogP contribution in [0.1, 0.15) is 32.3 Å². The molecule has 0 aliphatic carbocycles. The van der Waals surface area contributed by atoms with Gasteiger partial charge in [0.25, 0.3) is 0 Å². The van der Waals surface area contributed by atoms with E-state index in [1.807, 2.05) is 13.8 Å². The number of likely N-dealkylation sites (N-methyl/N-ethyl adjacent to an activating group) is 1. The summed E-state index contributed by atoms with van der Waals surface area (Å²) < 4.78 is 0. The minimum atomic E-state index is -0.836. The summed E-state index contributed by atoms with van der Waals surface area (Å²) in [6.07, 6.45) is 1.18. The van der Waals surface area contributed by atoms with E-state index >= 15 is 0 Å². The van der Waals surface area contributed by atoms with Gasteiger partial charge in [-0.1, -0.05) is 19.9 Å². The Balaban J connectivity index is 3.03. The number of rotatable bonds is 4. The van der Waals surface area contributed by atoms with E-state index in [1.165, 1.54) is 4.90 Å². The third-order valence-corrected chi connectivity index (χ3v) is 3.35. The summed E-state index contributed by atoms with van der Waals surface area (Å²) in [5.74, 6) is -0.123. The Kier molecular flexibility index (Phi) is 4.46. The number of hydrogen-bond donors (Lipinski definition) is 1. The van der Waals surface area contributed by atoms with Gasteiger partial charge in [-0.25, -0.2) is 0 Å². The summed E-state index contributed by atoms with van der Waals surface area (Å²) in [5, 5.41) is 8.86. The van der Waals surface area contributed by atoms with Gasteiger partial charge < -0.3 is 10.6 Å². The van der Waals surface area contributed by atoms with Crippen molar-refractivity contribution in [2.75, 3.05) is 11.9 Å². The number of carbonyl (C=O) groups is 1. The summed E-state index contributed by atoms with van der Waals surface area (Å²) in [6, 6.07) is 9.00. The Hall–Kier alpha value is -1.86. The molecule has 18 heavy (non-hydrogen) atoms. The number of nitrogens with two attached hydrogens (primary N) is 1. The smallest absolute Gasteiger partial charge is 0.246 e. The molecule has 1 rings (SSSR count).